The minimum absolute atomic E-state index is 0.170. The lowest BCUT2D eigenvalue weighted by Gasteiger charge is -2.36. The highest BCUT2D eigenvalue weighted by Gasteiger charge is 2.28. The van der Waals surface area contributed by atoms with Crippen LogP contribution in [0, 0.1) is 0 Å². The monoisotopic (exact) mass is 341 g/mol. The number of likely N-dealkylation sites (N-methyl/N-ethyl adjacent to an activating group) is 1. The molecule has 5 heteroatoms. The molecular formula is C15H24BrN3O. The Hall–Kier alpha value is -0.810. The third kappa shape index (κ3) is 3.44. The van der Waals surface area contributed by atoms with Crippen LogP contribution in [0.5, 0.6) is 0 Å². The summed E-state index contributed by atoms with van der Waals surface area (Å²) in [5, 5.41) is 3.21. The van der Waals surface area contributed by atoms with Gasteiger partial charge in [0.15, 0.2) is 0 Å². The number of aryl methyl sites for hydroxylation is 1. The van der Waals surface area contributed by atoms with Crippen LogP contribution in [0.4, 0.5) is 0 Å². The number of carbonyl (C=O) groups excluding carboxylic acids is 1. The molecule has 1 unspecified atom stereocenters. The largest absolute Gasteiger partial charge is 0.342 e. The molecule has 1 fully saturated rings. The standard InChI is InChI=1S/C15H24BrN3O/c1-3-7-18-11-12(16)9-14(18)15(20)19-8-5-4-6-13(19)10-17-2/h9,11,13,17H,3-8,10H2,1-2H3. The summed E-state index contributed by atoms with van der Waals surface area (Å²) >= 11 is 3.49. The van der Waals surface area contributed by atoms with Crippen LogP contribution in [0.3, 0.4) is 0 Å². The first-order valence-corrected chi connectivity index (χ1v) is 8.28. The Bertz CT molecular complexity index is 456. The van der Waals surface area contributed by atoms with E-state index < -0.39 is 0 Å². The van der Waals surface area contributed by atoms with Crippen molar-refractivity contribution in [3.8, 4) is 0 Å². The number of nitrogens with one attached hydrogen (secondary N) is 1. The summed E-state index contributed by atoms with van der Waals surface area (Å²) in [4.78, 5) is 14.9. The van der Waals surface area contributed by atoms with Crippen LogP contribution in [-0.2, 0) is 6.54 Å². The van der Waals surface area contributed by atoms with Crippen molar-refractivity contribution < 1.29 is 4.79 Å². The van der Waals surface area contributed by atoms with E-state index in [1.807, 2.05) is 24.2 Å². The quantitative estimate of drug-likeness (QED) is 0.893. The van der Waals surface area contributed by atoms with E-state index in [0.717, 1.165) is 49.1 Å². The molecule has 2 rings (SSSR count). The van der Waals surface area contributed by atoms with Crippen LogP contribution in [0.2, 0.25) is 0 Å². The number of aromatic nitrogens is 1. The fourth-order valence-electron chi connectivity index (χ4n) is 2.94. The van der Waals surface area contributed by atoms with Gasteiger partial charge in [-0.2, -0.15) is 0 Å². The van der Waals surface area contributed by atoms with Crippen LogP contribution >= 0.6 is 15.9 Å². The Kier molecular flexibility index (Phi) is 5.66. The third-order valence-electron chi connectivity index (χ3n) is 3.87. The highest BCUT2D eigenvalue weighted by Crippen LogP contribution is 2.22. The minimum atomic E-state index is 0.170. The molecule has 1 N–H and O–H groups in total. The molecule has 0 radical (unpaired) electrons. The number of hydrogen-bond acceptors (Lipinski definition) is 2. The average molecular weight is 342 g/mol. The van der Waals surface area contributed by atoms with Crippen molar-refractivity contribution >= 4 is 21.8 Å². The zero-order chi connectivity index (χ0) is 14.5. The highest BCUT2D eigenvalue weighted by molar-refractivity contribution is 9.10. The van der Waals surface area contributed by atoms with Crippen molar-refractivity contribution in [3.63, 3.8) is 0 Å². The van der Waals surface area contributed by atoms with E-state index in [9.17, 15) is 4.79 Å². The molecule has 20 heavy (non-hydrogen) atoms. The van der Waals surface area contributed by atoms with E-state index in [1.54, 1.807) is 0 Å². The number of nitrogens with zero attached hydrogens (tertiary/aromatic N) is 2. The first-order chi connectivity index (χ1) is 9.67. The molecule has 0 saturated carbocycles. The molecule has 0 aromatic carbocycles. The molecule has 0 aliphatic carbocycles. The smallest absolute Gasteiger partial charge is 0.270 e. The van der Waals surface area contributed by atoms with E-state index in [0.29, 0.717) is 6.04 Å². The van der Waals surface area contributed by atoms with E-state index in [2.05, 4.69) is 32.7 Å². The predicted molar refractivity (Wildman–Crippen MR) is 85.0 cm³/mol. The summed E-state index contributed by atoms with van der Waals surface area (Å²) in [6.07, 6.45) is 6.47. The second-order valence-electron chi connectivity index (χ2n) is 5.44. The van der Waals surface area contributed by atoms with E-state index in [4.69, 9.17) is 0 Å². The fraction of sp³-hybridized carbons (Fsp3) is 0.667. The van der Waals surface area contributed by atoms with Crippen molar-refractivity contribution in [2.45, 2.75) is 45.2 Å². The molecule has 0 spiro atoms. The third-order valence-corrected chi connectivity index (χ3v) is 4.31. The zero-order valence-corrected chi connectivity index (χ0v) is 13.9. The summed E-state index contributed by atoms with van der Waals surface area (Å²) in [5.74, 6) is 0.170. The van der Waals surface area contributed by atoms with Crippen LogP contribution in [0.25, 0.3) is 0 Å². The summed E-state index contributed by atoms with van der Waals surface area (Å²) in [5.41, 5.74) is 0.807. The van der Waals surface area contributed by atoms with Gasteiger partial charge < -0.3 is 14.8 Å². The van der Waals surface area contributed by atoms with Gasteiger partial charge in [-0.3, -0.25) is 4.79 Å². The Morgan fingerprint density at radius 3 is 3.00 bits per heavy atom. The maximum atomic E-state index is 12.9. The molecule has 1 amide bonds. The number of likely N-dealkylation sites (tertiary alicyclic amines) is 1. The van der Waals surface area contributed by atoms with Crippen molar-refractivity contribution in [2.75, 3.05) is 20.1 Å². The van der Waals surface area contributed by atoms with Crippen molar-refractivity contribution in [3.05, 3.63) is 22.4 Å². The predicted octanol–water partition coefficient (Wildman–Crippen LogP) is 2.87. The second-order valence-corrected chi connectivity index (χ2v) is 6.36. The molecule has 1 aliphatic heterocycles. The SMILES string of the molecule is CCCn1cc(Br)cc1C(=O)N1CCCCC1CNC. The molecule has 112 valence electrons. The number of piperidine rings is 1. The summed E-state index contributed by atoms with van der Waals surface area (Å²) < 4.78 is 3.05. The normalized spacial score (nSPS) is 19.4. The number of amides is 1. The van der Waals surface area contributed by atoms with E-state index in [-0.39, 0.29) is 5.91 Å². The molecule has 1 aromatic rings. The van der Waals surface area contributed by atoms with Gasteiger partial charge in [0, 0.05) is 36.3 Å². The maximum Gasteiger partial charge on any atom is 0.270 e. The van der Waals surface area contributed by atoms with Gasteiger partial charge in [0.2, 0.25) is 0 Å². The molecule has 2 heterocycles. The van der Waals surface area contributed by atoms with Crippen LogP contribution in [-0.4, -0.2) is 41.6 Å². The van der Waals surface area contributed by atoms with E-state index in [1.165, 1.54) is 6.42 Å². The summed E-state index contributed by atoms with van der Waals surface area (Å²) in [6, 6.07) is 2.27. The maximum absolute atomic E-state index is 12.9. The Balaban J connectivity index is 2.20. The van der Waals surface area contributed by atoms with Crippen molar-refractivity contribution in [2.24, 2.45) is 0 Å². The molecule has 1 atom stereocenters. The minimum Gasteiger partial charge on any atom is -0.342 e. The zero-order valence-electron chi connectivity index (χ0n) is 12.4. The van der Waals surface area contributed by atoms with Gasteiger partial charge in [-0.05, 0) is 54.7 Å². The number of halogens is 1. The number of rotatable bonds is 5. The van der Waals surface area contributed by atoms with Crippen LogP contribution < -0.4 is 5.32 Å². The lowest BCUT2D eigenvalue weighted by Crippen LogP contribution is -2.48. The van der Waals surface area contributed by atoms with Gasteiger partial charge in [-0.15, -0.1) is 0 Å². The fourth-order valence-corrected chi connectivity index (χ4v) is 3.41. The van der Waals surface area contributed by atoms with Crippen LogP contribution in [0.1, 0.15) is 43.1 Å². The highest BCUT2D eigenvalue weighted by atomic mass is 79.9. The van der Waals surface area contributed by atoms with Gasteiger partial charge in [0.25, 0.3) is 5.91 Å². The van der Waals surface area contributed by atoms with Gasteiger partial charge in [-0.25, -0.2) is 0 Å². The molecular weight excluding hydrogens is 318 g/mol. The van der Waals surface area contributed by atoms with Crippen molar-refractivity contribution in [1.29, 1.82) is 0 Å². The van der Waals surface area contributed by atoms with E-state index >= 15 is 0 Å². The first kappa shape index (κ1) is 15.6. The first-order valence-electron chi connectivity index (χ1n) is 7.48. The second kappa shape index (κ2) is 7.27. The lowest BCUT2D eigenvalue weighted by molar-refractivity contribution is 0.0604. The molecule has 1 aliphatic rings. The van der Waals surface area contributed by atoms with Crippen LogP contribution in [0.15, 0.2) is 16.7 Å². The summed E-state index contributed by atoms with van der Waals surface area (Å²) in [7, 11) is 1.95. The molecule has 4 nitrogen and oxygen atoms in total. The average Bonchev–Trinajstić information content (AvgIpc) is 2.80. The Morgan fingerprint density at radius 1 is 1.50 bits per heavy atom. The van der Waals surface area contributed by atoms with Gasteiger partial charge in [0.05, 0.1) is 0 Å². The summed E-state index contributed by atoms with van der Waals surface area (Å²) in [6.45, 7) is 4.77. The molecule has 0 bridgehead atoms. The number of carbonyl (C=O) groups is 1. The van der Waals surface area contributed by atoms with Gasteiger partial charge >= 0.3 is 0 Å². The van der Waals surface area contributed by atoms with Gasteiger partial charge in [-0.1, -0.05) is 6.92 Å². The van der Waals surface area contributed by atoms with Gasteiger partial charge in [0.1, 0.15) is 5.69 Å². The van der Waals surface area contributed by atoms with Crippen molar-refractivity contribution in [1.82, 2.24) is 14.8 Å². The molecule has 1 aromatic heterocycles. The topological polar surface area (TPSA) is 37.3 Å². The Morgan fingerprint density at radius 2 is 2.30 bits per heavy atom. The lowest BCUT2D eigenvalue weighted by atomic mass is 10.0. The number of hydrogen-bond donors (Lipinski definition) is 1. The molecule has 1 saturated heterocycles. The Labute approximate surface area is 129 Å².